The molecule has 140 valence electrons. The van der Waals surface area contributed by atoms with Crippen molar-refractivity contribution in [2.24, 2.45) is 0 Å². The van der Waals surface area contributed by atoms with Crippen molar-refractivity contribution in [3.63, 3.8) is 0 Å². The van der Waals surface area contributed by atoms with Crippen LogP contribution in [0.3, 0.4) is 0 Å². The van der Waals surface area contributed by atoms with Gasteiger partial charge < -0.3 is 9.64 Å². The first kappa shape index (κ1) is 19.2. The normalized spacial score (nSPS) is 10.7. The molecule has 0 N–H and O–H groups in total. The maximum atomic E-state index is 12.6. The van der Waals surface area contributed by atoms with E-state index in [1.807, 2.05) is 24.3 Å². The van der Waals surface area contributed by atoms with Crippen LogP contribution in [0.1, 0.15) is 16.4 Å². The number of ether oxygens (including phenoxy) is 1. The summed E-state index contributed by atoms with van der Waals surface area (Å²) in [6.07, 6.45) is 0. The van der Waals surface area contributed by atoms with Crippen LogP contribution in [0.2, 0.25) is 10.0 Å². The Morgan fingerprint density at radius 1 is 1.19 bits per heavy atom. The first-order chi connectivity index (χ1) is 13.0. The minimum Gasteiger partial charge on any atom is -0.492 e. The third-order valence-electron chi connectivity index (χ3n) is 3.88. The molecule has 0 saturated carbocycles. The molecular formula is C19H18Cl2N4O2. The molecule has 0 radical (unpaired) electrons. The van der Waals surface area contributed by atoms with Crippen LogP contribution in [-0.2, 0) is 0 Å². The van der Waals surface area contributed by atoms with Gasteiger partial charge in [0.1, 0.15) is 18.2 Å². The second-order valence-electron chi connectivity index (χ2n) is 5.88. The predicted molar refractivity (Wildman–Crippen MR) is 105 cm³/mol. The van der Waals surface area contributed by atoms with Crippen molar-refractivity contribution in [1.29, 1.82) is 0 Å². The van der Waals surface area contributed by atoms with Gasteiger partial charge in [0.05, 0.1) is 17.3 Å². The summed E-state index contributed by atoms with van der Waals surface area (Å²) in [6, 6.07) is 14.4. The smallest absolute Gasteiger partial charge is 0.293 e. The summed E-state index contributed by atoms with van der Waals surface area (Å²) < 4.78 is 7.18. The van der Waals surface area contributed by atoms with E-state index >= 15 is 0 Å². The second kappa shape index (κ2) is 8.41. The van der Waals surface area contributed by atoms with Crippen LogP contribution in [0.5, 0.6) is 5.75 Å². The van der Waals surface area contributed by atoms with Gasteiger partial charge in [-0.3, -0.25) is 4.79 Å². The van der Waals surface area contributed by atoms with Crippen molar-refractivity contribution in [3.8, 4) is 11.4 Å². The van der Waals surface area contributed by atoms with E-state index < -0.39 is 0 Å². The van der Waals surface area contributed by atoms with Gasteiger partial charge in [-0.05, 0) is 37.3 Å². The number of carbonyl (C=O) groups is 1. The zero-order valence-electron chi connectivity index (χ0n) is 14.9. The highest BCUT2D eigenvalue weighted by atomic mass is 35.5. The molecule has 0 unspecified atom stereocenters. The molecule has 1 amide bonds. The Balaban J connectivity index is 1.65. The number of carbonyl (C=O) groups excluding carboxylic acids is 1. The van der Waals surface area contributed by atoms with Crippen molar-refractivity contribution >= 4 is 29.1 Å². The van der Waals surface area contributed by atoms with Crippen LogP contribution in [0.4, 0.5) is 0 Å². The summed E-state index contributed by atoms with van der Waals surface area (Å²) in [5.41, 5.74) is 0.676. The maximum Gasteiger partial charge on any atom is 0.293 e. The van der Waals surface area contributed by atoms with E-state index in [1.54, 1.807) is 42.9 Å². The number of para-hydroxylation sites is 1. The zero-order valence-corrected chi connectivity index (χ0v) is 16.4. The number of hydrogen-bond donors (Lipinski definition) is 0. The lowest BCUT2D eigenvalue weighted by Gasteiger charge is -2.15. The summed E-state index contributed by atoms with van der Waals surface area (Å²) in [5, 5.41) is 5.45. The fourth-order valence-electron chi connectivity index (χ4n) is 2.46. The van der Waals surface area contributed by atoms with E-state index in [0.29, 0.717) is 40.5 Å². The van der Waals surface area contributed by atoms with E-state index in [2.05, 4.69) is 10.1 Å². The topological polar surface area (TPSA) is 60.3 Å². The Morgan fingerprint density at radius 2 is 1.96 bits per heavy atom. The number of amides is 1. The fraction of sp³-hybridized carbons (Fsp3) is 0.211. The fourth-order valence-corrected chi connectivity index (χ4v) is 2.86. The van der Waals surface area contributed by atoms with Crippen LogP contribution in [0.25, 0.3) is 5.69 Å². The number of hydrogen-bond acceptors (Lipinski definition) is 4. The lowest BCUT2D eigenvalue weighted by Crippen LogP contribution is -2.31. The van der Waals surface area contributed by atoms with Gasteiger partial charge in [0.15, 0.2) is 0 Å². The summed E-state index contributed by atoms with van der Waals surface area (Å²) in [7, 11) is 1.68. The Labute approximate surface area is 167 Å². The molecule has 0 aliphatic rings. The highest BCUT2D eigenvalue weighted by molar-refractivity contribution is 6.32. The van der Waals surface area contributed by atoms with Crippen LogP contribution >= 0.6 is 23.2 Å². The average Bonchev–Trinajstić information content (AvgIpc) is 3.03. The molecule has 3 aromatic rings. The SMILES string of the molecule is Cc1nc(C(=O)N(C)CCOc2cccc(Cl)c2)nn1-c1ccccc1Cl. The third-order valence-corrected chi connectivity index (χ3v) is 4.43. The number of rotatable bonds is 6. The number of halogens is 2. The van der Waals surface area contributed by atoms with Crippen molar-refractivity contribution in [2.75, 3.05) is 20.2 Å². The summed E-state index contributed by atoms with van der Waals surface area (Å²) in [5.74, 6) is 1.05. The minimum absolute atomic E-state index is 0.109. The van der Waals surface area contributed by atoms with E-state index in [0.717, 1.165) is 0 Å². The lowest BCUT2D eigenvalue weighted by atomic mass is 10.3. The molecule has 1 aromatic heterocycles. The molecular weight excluding hydrogens is 387 g/mol. The molecule has 0 bridgehead atoms. The average molecular weight is 405 g/mol. The Hall–Kier alpha value is -2.57. The van der Waals surface area contributed by atoms with Crippen LogP contribution in [0, 0.1) is 6.92 Å². The quantitative estimate of drug-likeness (QED) is 0.621. The van der Waals surface area contributed by atoms with E-state index in [4.69, 9.17) is 27.9 Å². The zero-order chi connectivity index (χ0) is 19.4. The minimum atomic E-state index is -0.293. The molecule has 27 heavy (non-hydrogen) atoms. The molecule has 8 heteroatoms. The molecule has 0 spiro atoms. The first-order valence-corrected chi connectivity index (χ1v) is 9.03. The highest BCUT2D eigenvalue weighted by Gasteiger charge is 2.19. The Bertz CT molecular complexity index is 958. The van der Waals surface area contributed by atoms with Crippen molar-refractivity contribution in [3.05, 3.63) is 70.2 Å². The predicted octanol–water partition coefficient (Wildman–Crippen LogP) is 4.03. The number of aryl methyl sites for hydroxylation is 1. The molecule has 0 fully saturated rings. The van der Waals surface area contributed by atoms with Gasteiger partial charge in [-0.25, -0.2) is 9.67 Å². The van der Waals surface area contributed by atoms with Crippen molar-refractivity contribution in [1.82, 2.24) is 19.7 Å². The van der Waals surface area contributed by atoms with Crippen molar-refractivity contribution < 1.29 is 9.53 Å². The van der Waals surface area contributed by atoms with Gasteiger partial charge in [-0.1, -0.05) is 41.4 Å². The van der Waals surface area contributed by atoms with E-state index in [1.165, 1.54) is 4.90 Å². The monoisotopic (exact) mass is 404 g/mol. The highest BCUT2D eigenvalue weighted by Crippen LogP contribution is 2.20. The second-order valence-corrected chi connectivity index (χ2v) is 6.72. The van der Waals surface area contributed by atoms with Gasteiger partial charge in [0.2, 0.25) is 5.82 Å². The molecule has 0 aliphatic heterocycles. The number of aromatic nitrogens is 3. The van der Waals surface area contributed by atoms with E-state index in [-0.39, 0.29) is 11.7 Å². The Kier molecular flexibility index (Phi) is 5.98. The standard InChI is InChI=1S/C19H18Cl2N4O2/c1-13-22-18(23-25(13)17-9-4-3-8-16(17)21)19(26)24(2)10-11-27-15-7-5-6-14(20)12-15/h3-9,12H,10-11H2,1-2H3. The first-order valence-electron chi connectivity index (χ1n) is 8.28. The third kappa shape index (κ3) is 4.59. The molecule has 0 aliphatic carbocycles. The maximum absolute atomic E-state index is 12.6. The van der Waals surface area contributed by atoms with Gasteiger partial charge in [-0.2, -0.15) is 0 Å². The van der Waals surface area contributed by atoms with Gasteiger partial charge >= 0.3 is 0 Å². The van der Waals surface area contributed by atoms with Gasteiger partial charge in [0.25, 0.3) is 5.91 Å². The van der Waals surface area contributed by atoms with Gasteiger partial charge in [-0.15, -0.1) is 5.10 Å². The van der Waals surface area contributed by atoms with Gasteiger partial charge in [0, 0.05) is 12.1 Å². The van der Waals surface area contributed by atoms with E-state index in [9.17, 15) is 4.79 Å². The number of benzene rings is 2. The Morgan fingerprint density at radius 3 is 2.70 bits per heavy atom. The molecule has 0 atom stereocenters. The molecule has 0 saturated heterocycles. The molecule has 1 heterocycles. The molecule has 6 nitrogen and oxygen atoms in total. The van der Waals surface area contributed by atoms with Crippen LogP contribution in [0.15, 0.2) is 48.5 Å². The summed E-state index contributed by atoms with van der Waals surface area (Å²) in [6.45, 7) is 2.48. The molecule has 3 rings (SSSR count). The van der Waals surface area contributed by atoms with Crippen molar-refractivity contribution in [2.45, 2.75) is 6.92 Å². The van der Waals surface area contributed by atoms with Crippen LogP contribution in [-0.4, -0.2) is 45.8 Å². The molecule has 2 aromatic carbocycles. The largest absolute Gasteiger partial charge is 0.492 e. The number of likely N-dealkylation sites (N-methyl/N-ethyl adjacent to an activating group) is 1. The van der Waals surface area contributed by atoms with Crippen LogP contribution < -0.4 is 4.74 Å². The number of nitrogens with zero attached hydrogens (tertiary/aromatic N) is 4. The summed E-state index contributed by atoms with van der Waals surface area (Å²) in [4.78, 5) is 18.4. The lowest BCUT2D eigenvalue weighted by molar-refractivity contribution is 0.0762. The summed E-state index contributed by atoms with van der Waals surface area (Å²) >= 11 is 12.1.